The molecule has 43 heavy (non-hydrogen) atoms. The second kappa shape index (κ2) is 10.6. The number of amides is 1. The highest BCUT2D eigenvalue weighted by atomic mass is 32.1. The number of fused-ring (bicyclic) bond motifs is 4. The molecule has 1 aromatic carbocycles. The second-order valence-corrected chi connectivity index (χ2v) is 21.0. The summed E-state index contributed by atoms with van der Waals surface area (Å²) in [7, 11) is -1.89. The summed E-state index contributed by atoms with van der Waals surface area (Å²) in [6, 6.07) is 11.1. The molecular weight excluding hydrogens is 573 g/mol. The van der Waals surface area contributed by atoms with Crippen LogP contribution in [0.4, 0.5) is 10.5 Å². The quantitative estimate of drug-likeness (QED) is 0.268. The zero-order valence-corrected chi connectivity index (χ0v) is 28.6. The number of likely N-dealkylation sites (tertiary alicyclic amines) is 1. The van der Waals surface area contributed by atoms with E-state index in [1.807, 2.05) is 31.9 Å². The van der Waals surface area contributed by atoms with E-state index >= 15 is 0 Å². The van der Waals surface area contributed by atoms with E-state index in [0.717, 1.165) is 40.7 Å². The van der Waals surface area contributed by atoms with Gasteiger partial charge in [0, 0.05) is 53.6 Å². The van der Waals surface area contributed by atoms with Gasteiger partial charge < -0.3 is 19.0 Å². The molecule has 0 N–H and O–H groups in total. The topological polar surface area (TPSA) is 78.7 Å². The van der Waals surface area contributed by atoms with Crippen LogP contribution in [-0.2, 0) is 15.8 Å². The Kier molecular flexibility index (Phi) is 7.42. The van der Waals surface area contributed by atoms with Crippen LogP contribution in [0.15, 0.2) is 30.5 Å². The highest BCUT2D eigenvalue weighted by Crippen LogP contribution is 2.58. The zero-order chi connectivity index (χ0) is 30.9. The van der Waals surface area contributed by atoms with Crippen molar-refractivity contribution >= 4 is 41.7 Å². The number of nitriles is 1. The van der Waals surface area contributed by atoms with E-state index in [-0.39, 0.29) is 17.2 Å². The van der Waals surface area contributed by atoms with Gasteiger partial charge in [0.25, 0.3) is 0 Å². The average molecular weight is 617 g/mol. The molecule has 1 saturated carbocycles. The lowest BCUT2D eigenvalue weighted by atomic mass is 9.90. The second-order valence-electron chi connectivity index (χ2n) is 15.0. The Bertz CT molecular complexity index is 1610. The largest absolute Gasteiger partial charge is 0.444 e. The lowest BCUT2D eigenvalue weighted by Crippen LogP contribution is -2.43. The van der Waals surface area contributed by atoms with Crippen molar-refractivity contribution < 1.29 is 14.0 Å². The lowest BCUT2D eigenvalue weighted by Gasteiger charge is -2.38. The first-order chi connectivity index (χ1) is 20.1. The number of benzene rings is 1. The number of carbonyl (C=O) groups excluding carboxylic acids is 1. The molecule has 3 aliphatic rings. The maximum atomic E-state index is 12.9. The first kappa shape index (κ1) is 30.1. The van der Waals surface area contributed by atoms with Gasteiger partial charge in [-0.15, -0.1) is 11.3 Å². The molecule has 228 valence electrons. The molecule has 1 amide bonds. The summed E-state index contributed by atoms with van der Waals surface area (Å²) >= 11 is 1.75. The molecule has 0 spiro atoms. The van der Waals surface area contributed by atoms with Crippen molar-refractivity contribution in [2.75, 3.05) is 24.5 Å². The molecule has 6 rings (SSSR count). The van der Waals surface area contributed by atoms with Crippen LogP contribution in [-0.4, -0.2) is 55.6 Å². The monoisotopic (exact) mass is 616 g/mol. The highest BCUT2D eigenvalue weighted by molar-refractivity contribution is 7.19. The lowest BCUT2D eigenvalue weighted by molar-refractivity contribution is 0.0292. The summed E-state index contributed by atoms with van der Waals surface area (Å²) < 4.78 is 13.4. The number of thiophene rings is 1. The molecule has 1 aliphatic carbocycles. The van der Waals surface area contributed by atoms with Gasteiger partial charge in [-0.2, -0.15) is 5.26 Å². The van der Waals surface area contributed by atoms with Crippen LogP contribution in [0.3, 0.4) is 0 Å². The predicted molar refractivity (Wildman–Crippen MR) is 176 cm³/mol. The standard InChI is InChI=1S/C34H44N4O3SSi/c1-33(2,3)41-32(39)37-12-10-23(19-37)38-18-22-15-26(22)28-14-21(17-35)13-27(30(28)38)25-9-11-36-29-16-24(42-31(25)29)20-40-43(7,8)34(4,5)6/h9,11,13-14,16,22-23,26H,10,12,15,18-20H2,1-8H3/t22-,23?,26-/m0/s1. The zero-order valence-electron chi connectivity index (χ0n) is 26.8. The van der Waals surface area contributed by atoms with Gasteiger partial charge in [-0.3, -0.25) is 4.98 Å². The fraction of sp³-hybridized carbons (Fsp3) is 0.559. The molecule has 4 heterocycles. The number of aromatic nitrogens is 1. The predicted octanol–water partition coefficient (Wildman–Crippen LogP) is 8.29. The molecule has 9 heteroatoms. The first-order valence-electron chi connectivity index (χ1n) is 15.5. The Hall–Kier alpha value is -2.93. The molecule has 3 aromatic rings. The Morgan fingerprint density at radius 1 is 1.14 bits per heavy atom. The Balaban J connectivity index is 1.37. The molecule has 2 aromatic heterocycles. The maximum Gasteiger partial charge on any atom is 0.410 e. The fourth-order valence-electron chi connectivity index (χ4n) is 6.26. The van der Waals surface area contributed by atoms with Gasteiger partial charge >= 0.3 is 6.09 Å². The minimum absolute atomic E-state index is 0.146. The van der Waals surface area contributed by atoms with E-state index in [1.54, 1.807) is 11.3 Å². The van der Waals surface area contributed by atoms with Crippen molar-refractivity contribution in [2.24, 2.45) is 5.92 Å². The molecule has 1 unspecified atom stereocenters. The molecule has 3 atom stereocenters. The molecular formula is C34H44N4O3SSi. The molecule has 1 saturated heterocycles. The minimum atomic E-state index is -1.89. The number of ether oxygens (including phenoxy) is 1. The molecule has 2 fully saturated rings. The number of hydrogen-bond donors (Lipinski definition) is 0. The van der Waals surface area contributed by atoms with Crippen molar-refractivity contribution in [2.45, 2.75) is 96.7 Å². The van der Waals surface area contributed by atoms with E-state index < -0.39 is 13.9 Å². The van der Waals surface area contributed by atoms with Crippen molar-refractivity contribution in [3.05, 3.63) is 46.5 Å². The maximum absolute atomic E-state index is 12.9. The van der Waals surface area contributed by atoms with Crippen molar-refractivity contribution in [1.29, 1.82) is 5.26 Å². The van der Waals surface area contributed by atoms with Gasteiger partial charge in [-0.05, 0) is 93.4 Å². The SMILES string of the molecule is CC(C)(C)OC(=O)N1CCC(N2C[C@@H]3C[C@@H]3c3cc(C#N)cc(-c4ccnc5cc(CO[Si](C)(C)C(C)(C)C)sc45)c32)C1. The van der Waals surface area contributed by atoms with E-state index in [1.165, 1.54) is 16.1 Å². The number of nitrogens with zero attached hydrogens (tertiary/aromatic N) is 4. The van der Waals surface area contributed by atoms with Crippen molar-refractivity contribution in [1.82, 2.24) is 9.88 Å². The third-order valence-electron chi connectivity index (χ3n) is 9.70. The van der Waals surface area contributed by atoms with Gasteiger partial charge in [-0.1, -0.05) is 20.8 Å². The summed E-state index contributed by atoms with van der Waals surface area (Å²) in [6.45, 7) is 20.0. The number of carbonyl (C=O) groups is 1. The van der Waals surface area contributed by atoms with Gasteiger partial charge in [0.05, 0.1) is 28.5 Å². The van der Waals surface area contributed by atoms with Crippen LogP contribution in [0.2, 0.25) is 18.1 Å². The number of hydrogen-bond acceptors (Lipinski definition) is 7. The molecule has 0 radical (unpaired) electrons. The van der Waals surface area contributed by atoms with E-state index in [4.69, 9.17) is 14.1 Å². The van der Waals surface area contributed by atoms with Crippen LogP contribution >= 0.6 is 11.3 Å². The Labute approximate surface area is 260 Å². The van der Waals surface area contributed by atoms with Gasteiger partial charge in [0.15, 0.2) is 8.32 Å². The highest BCUT2D eigenvalue weighted by Gasteiger charge is 2.48. The van der Waals surface area contributed by atoms with Gasteiger partial charge in [0.1, 0.15) is 5.60 Å². The summed E-state index contributed by atoms with van der Waals surface area (Å²) in [4.78, 5) is 23.3. The smallest absolute Gasteiger partial charge is 0.410 e. The van der Waals surface area contributed by atoms with Crippen LogP contribution < -0.4 is 4.90 Å². The third kappa shape index (κ3) is 5.82. The number of pyridine rings is 1. The van der Waals surface area contributed by atoms with E-state index in [0.29, 0.717) is 37.1 Å². The Morgan fingerprint density at radius 2 is 1.91 bits per heavy atom. The van der Waals surface area contributed by atoms with E-state index in [9.17, 15) is 10.1 Å². The summed E-state index contributed by atoms with van der Waals surface area (Å²) in [6.07, 6.45) is 3.70. The van der Waals surface area contributed by atoms with Gasteiger partial charge in [-0.25, -0.2) is 4.79 Å². The molecule has 2 aliphatic heterocycles. The summed E-state index contributed by atoms with van der Waals surface area (Å²) in [5.74, 6) is 1.10. The molecule has 0 bridgehead atoms. The van der Waals surface area contributed by atoms with Crippen molar-refractivity contribution in [3.8, 4) is 17.2 Å². The molecule has 7 nitrogen and oxygen atoms in total. The average Bonchev–Trinajstić information content (AvgIpc) is 3.34. The third-order valence-corrected chi connectivity index (χ3v) is 15.3. The fourth-order valence-corrected chi connectivity index (χ4v) is 8.37. The summed E-state index contributed by atoms with van der Waals surface area (Å²) in [5, 5.41) is 10.2. The summed E-state index contributed by atoms with van der Waals surface area (Å²) in [5.41, 5.74) is 5.88. The van der Waals surface area contributed by atoms with E-state index in [2.05, 4.69) is 69.1 Å². The van der Waals surface area contributed by atoms with Crippen molar-refractivity contribution in [3.63, 3.8) is 0 Å². The minimum Gasteiger partial charge on any atom is -0.444 e. The van der Waals surface area contributed by atoms with Crippen LogP contribution in [0.1, 0.15) is 76.3 Å². The van der Waals surface area contributed by atoms with Crippen LogP contribution in [0, 0.1) is 17.2 Å². The first-order valence-corrected chi connectivity index (χ1v) is 19.2. The number of rotatable bonds is 5. The van der Waals surface area contributed by atoms with Crippen LogP contribution in [0.25, 0.3) is 21.3 Å². The Morgan fingerprint density at radius 3 is 2.60 bits per heavy atom. The van der Waals surface area contributed by atoms with Crippen LogP contribution in [0.5, 0.6) is 0 Å². The normalized spacial score (nSPS) is 21.9. The number of anilines is 1. The van der Waals surface area contributed by atoms with Gasteiger partial charge in [0.2, 0.25) is 0 Å².